The summed E-state index contributed by atoms with van der Waals surface area (Å²) in [5.74, 6) is -9.28. The first-order valence-corrected chi connectivity index (χ1v) is 24.7. The number of hydrogen-bond donors (Lipinski definition) is 6. The number of nitrogens with zero attached hydrogens (tertiary/aromatic N) is 4. The standard InChI is InChI=1S/C52H72F4N6O12/c1-33(13-7-8-14-34(2)16-11-21-37(5)23-25-43(65)73-59-41-27-29-61(49(69)57-41)47-51(53,54)45(67)39(31-63)71-47)15-9-17-35(3)18-10-19-36(4)20-12-22-38(6)24-26-44(66)74-60-42-28-30-62(50(70)58-42)48-52(55,56)46(68)40(32-64)72-48/h13-14,17,19,21-22,27-30,39-40,45-48,63-64,67-68H,7-12,15-16,18,20,23-26,31-32H2,1-6H3,(H,57,59,69)(H,58,60,70)/b33-13+,34-14+,35-17+,36-19+,37-21+,38-22+/t39-,40-,45-,46-,47-,48-/m1/s1. The van der Waals surface area contributed by atoms with Crippen LogP contribution in [0.1, 0.15) is 144 Å². The van der Waals surface area contributed by atoms with Crippen molar-refractivity contribution in [2.75, 3.05) is 24.2 Å². The molecule has 74 heavy (non-hydrogen) atoms. The molecule has 2 saturated heterocycles. The minimum absolute atomic E-state index is 0.0601. The fourth-order valence-corrected chi connectivity index (χ4v) is 7.91. The van der Waals surface area contributed by atoms with E-state index in [1.54, 1.807) is 0 Å². The van der Waals surface area contributed by atoms with Crippen LogP contribution in [-0.4, -0.2) is 101 Å². The third-order valence-corrected chi connectivity index (χ3v) is 12.5. The number of halogens is 4. The van der Waals surface area contributed by atoms with E-state index >= 15 is 0 Å². The maximum Gasteiger partial charge on any atom is 0.351 e. The Morgan fingerprint density at radius 3 is 1.14 bits per heavy atom. The normalized spacial score (nSPS) is 22.5. The molecule has 22 heteroatoms. The summed E-state index contributed by atoms with van der Waals surface area (Å²) in [5.41, 5.74) is 9.55. The number of aliphatic hydroxyl groups excluding tert-OH is 4. The topological polar surface area (TPSA) is 246 Å². The molecule has 0 radical (unpaired) electrons. The molecule has 0 aromatic carbocycles. The first-order valence-electron chi connectivity index (χ1n) is 24.7. The fourth-order valence-electron chi connectivity index (χ4n) is 7.91. The molecule has 6 N–H and O–H groups in total. The van der Waals surface area contributed by atoms with Crippen LogP contribution >= 0.6 is 0 Å². The van der Waals surface area contributed by atoms with Gasteiger partial charge in [0, 0.05) is 24.5 Å². The molecule has 4 heterocycles. The number of hydrogen-bond acceptors (Lipinski definition) is 16. The predicted octanol–water partition coefficient (Wildman–Crippen LogP) is 8.15. The maximum atomic E-state index is 14.4. The van der Waals surface area contributed by atoms with Gasteiger partial charge in [0.15, 0.2) is 23.8 Å². The van der Waals surface area contributed by atoms with Crippen LogP contribution in [0.25, 0.3) is 0 Å². The molecule has 2 fully saturated rings. The van der Waals surface area contributed by atoms with Gasteiger partial charge in [-0.15, -0.1) is 0 Å². The van der Waals surface area contributed by atoms with Crippen LogP contribution in [0.4, 0.5) is 29.2 Å². The molecule has 2 aliphatic rings. The monoisotopic (exact) mass is 1050 g/mol. The third kappa shape index (κ3) is 18.6. The summed E-state index contributed by atoms with van der Waals surface area (Å²) in [6, 6.07) is 2.27. The maximum absolute atomic E-state index is 14.4. The van der Waals surface area contributed by atoms with E-state index in [1.165, 1.54) is 22.3 Å². The Kier molecular flexibility index (Phi) is 24.1. The van der Waals surface area contributed by atoms with E-state index < -0.39 is 85.2 Å². The number of alkyl halides is 4. The van der Waals surface area contributed by atoms with Crippen molar-refractivity contribution in [2.24, 2.45) is 0 Å². The van der Waals surface area contributed by atoms with E-state index in [1.807, 2.05) is 13.8 Å². The van der Waals surface area contributed by atoms with Gasteiger partial charge < -0.3 is 39.6 Å². The molecule has 0 unspecified atom stereocenters. The third-order valence-electron chi connectivity index (χ3n) is 12.5. The van der Waals surface area contributed by atoms with Crippen LogP contribution in [0.2, 0.25) is 0 Å². The number of ether oxygens (including phenoxy) is 2. The first kappa shape index (κ1) is 60.8. The lowest BCUT2D eigenvalue weighted by atomic mass is 10.0. The van der Waals surface area contributed by atoms with E-state index in [-0.39, 0.29) is 24.5 Å². The second-order valence-corrected chi connectivity index (χ2v) is 18.9. The number of allylic oxidation sites excluding steroid dienone is 12. The smallest absolute Gasteiger partial charge is 0.351 e. The van der Waals surface area contributed by atoms with Gasteiger partial charge in [0.25, 0.3) is 0 Å². The van der Waals surface area contributed by atoms with Crippen molar-refractivity contribution in [1.29, 1.82) is 0 Å². The van der Waals surface area contributed by atoms with Crippen molar-refractivity contribution in [2.45, 2.75) is 180 Å². The summed E-state index contributed by atoms with van der Waals surface area (Å²) >= 11 is 0. The van der Waals surface area contributed by atoms with Crippen molar-refractivity contribution < 1.29 is 66.7 Å². The average molecular weight is 1050 g/mol. The Bertz CT molecular complexity index is 2500. The zero-order valence-electron chi connectivity index (χ0n) is 42.9. The molecule has 2 aliphatic heterocycles. The molecule has 2 aromatic heterocycles. The minimum Gasteiger partial charge on any atom is -0.394 e. The predicted molar refractivity (Wildman–Crippen MR) is 268 cm³/mol. The number of anilines is 2. The van der Waals surface area contributed by atoms with Gasteiger partial charge in [0.1, 0.15) is 12.2 Å². The Morgan fingerprint density at radius 1 is 0.554 bits per heavy atom. The fraction of sp³-hybridized carbons (Fsp3) is 0.577. The zero-order chi connectivity index (χ0) is 54.6. The average Bonchev–Trinajstić information content (AvgIpc) is 3.73. The molecule has 0 bridgehead atoms. The number of nitrogens with one attached hydrogen (secondary N) is 2. The molecular formula is C52H72F4N6O12. The molecule has 6 atom stereocenters. The van der Waals surface area contributed by atoms with Crippen LogP contribution in [0.3, 0.4) is 0 Å². The molecular weight excluding hydrogens is 977 g/mol. The van der Waals surface area contributed by atoms with Crippen molar-refractivity contribution in [1.82, 2.24) is 19.1 Å². The Hall–Kier alpha value is -5.78. The summed E-state index contributed by atoms with van der Waals surface area (Å²) in [7, 11) is 0. The molecule has 0 amide bonds. The van der Waals surface area contributed by atoms with Gasteiger partial charge in [0.05, 0.1) is 26.1 Å². The number of aliphatic hydroxyl groups is 4. The van der Waals surface area contributed by atoms with Crippen LogP contribution in [-0.2, 0) is 28.7 Å². The van der Waals surface area contributed by atoms with Crippen molar-refractivity contribution in [3.8, 4) is 0 Å². The van der Waals surface area contributed by atoms with Crippen LogP contribution in [0.5, 0.6) is 0 Å². The van der Waals surface area contributed by atoms with E-state index in [2.05, 4.69) is 85.1 Å². The number of carbonyl (C=O) groups is 2. The summed E-state index contributed by atoms with van der Waals surface area (Å²) in [4.78, 5) is 66.5. The van der Waals surface area contributed by atoms with E-state index in [0.29, 0.717) is 22.0 Å². The quantitative estimate of drug-likeness (QED) is 0.0195. The lowest BCUT2D eigenvalue weighted by molar-refractivity contribution is -0.141. The van der Waals surface area contributed by atoms with Gasteiger partial charge in [-0.3, -0.25) is 9.13 Å². The Balaban J connectivity index is 1.02. The second kappa shape index (κ2) is 29.3. The van der Waals surface area contributed by atoms with E-state index in [0.717, 1.165) is 99.9 Å². The van der Waals surface area contributed by atoms with Crippen molar-refractivity contribution in [3.63, 3.8) is 0 Å². The molecule has 18 nitrogen and oxygen atoms in total. The molecule has 0 aliphatic carbocycles. The van der Waals surface area contributed by atoms with Crippen molar-refractivity contribution >= 4 is 23.6 Å². The molecule has 0 saturated carbocycles. The highest BCUT2D eigenvalue weighted by molar-refractivity contribution is 5.71. The molecule has 0 spiro atoms. The number of unbranched alkanes of at least 4 members (excludes halogenated alkanes) is 1. The summed E-state index contributed by atoms with van der Waals surface area (Å²) < 4.78 is 68.6. The van der Waals surface area contributed by atoms with Gasteiger partial charge in [-0.25, -0.2) is 30.1 Å². The van der Waals surface area contributed by atoms with Crippen LogP contribution in [0, 0.1) is 0 Å². The minimum atomic E-state index is -3.85. The van der Waals surface area contributed by atoms with E-state index in [4.69, 9.17) is 19.1 Å². The van der Waals surface area contributed by atoms with Gasteiger partial charge in [-0.05, 0) is 119 Å². The number of carbonyl (C=O) groups excluding carboxylic acids is 2. The van der Waals surface area contributed by atoms with Gasteiger partial charge in [-0.1, -0.05) is 69.9 Å². The van der Waals surface area contributed by atoms with E-state index in [9.17, 15) is 57.2 Å². The van der Waals surface area contributed by atoms with Gasteiger partial charge in [0.2, 0.25) is 12.5 Å². The molecule has 2 aromatic rings. The van der Waals surface area contributed by atoms with Crippen LogP contribution < -0.4 is 22.3 Å². The highest BCUT2D eigenvalue weighted by Crippen LogP contribution is 2.43. The highest BCUT2D eigenvalue weighted by Gasteiger charge is 2.60. The SMILES string of the molecule is C/C(=C\CC/C=C(\C)CC/C=C(\C)CCC(=O)ONc1ccn([C@@H]2O[C@H](CO)[C@@H](O)C2(F)F)c(=O)n1)CC/C=C(\C)CC/C=C(\C)CC/C=C(\C)CCC(=O)ONc1ccn([C@@H]2O[C@H](CO)[C@@H](O)C2(F)F)c(=O)n1. The Labute approximate surface area is 428 Å². The summed E-state index contributed by atoms with van der Waals surface area (Å²) in [5, 5.41) is 37.8. The molecule has 4 rings (SSSR count). The lowest BCUT2D eigenvalue weighted by Crippen LogP contribution is -2.41. The molecule has 410 valence electrons. The number of aromatic nitrogens is 4. The lowest BCUT2D eigenvalue weighted by Gasteiger charge is -2.21. The highest BCUT2D eigenvalue weighted by atomic mass is 19.3. The first-order chi connectivity index (χ1) is 35.1. The van der Waals surface area contributed by atoms with Crippen LogP contribution in [0.15, 0.2) is 104 Å². The summed E-state index contributed by atoms with van der Waals surface area (Å²) in [6.45, 7) is 10.7. The summed E-state index contributed by atoms with van der Waals surface area (Å²) in [6.07, 6.45) is 13.4. The zero-order valence-corrected chi connectivity index (χ0v) is 42.9. The number of rotatable bonds is 29. The van der Waals surface area contributed by atoms with Gasteiger partial charge >= 0.3 is 35.2 Å². The largest absolute Gasteiger partial charge is 0.394 e. The van der Waals surface area contributed by atoms with Crippen molar-refractivity contribution in [3.05, 3.63) is 115 Å². The Morgan fingerprint density at radius 2 is 0.851 bits per heavy atom. The van der Waals surface area contributed by atoms with Gasteiger partial charge in [-0.2, -0.15) is 27.5 Å². The second-order valence-electron chi connectivity index (χ2n) is 18.9.